The van der Waals surface area contributed by atoms with Gasteiger partial charge in [0.15, 0.2) is 0 Å². The first-order valence-corrected chi connectivity index (χ1v) is 7.27. The standard InChI is InChI=1S/C16H23NO2/c1-17-13-10-15(16(13)18-2)19-14-9-5-7-11-6-3-4-8-12(11)14/h3-4,6,8,13-17H,5,7,9-10H2,1-2H3. The van der Waals surface area contributed by atoms with Crippen LogP contribution in [0.15, 0.2) is 24.3 Å². The van der Waals surface area contributed by atoms with E-state index in [-0.39, 0.29) is 18.3 Å². The molecule has 0 heterocycles. The molecule has 0 radical (unpaired) electrons. The Labute approximate surface area is 115 Å². The number of rotatable bonds is 4. The number of benzene rings is 1. The van der Waals surface area contributed by atoms with Crippen LogP contribution < -0.4 is 5.32 Å². The predicted octanol–water partition coefficient (Wildman–Crippen LogP) is 2.46. The van der Waals surface area contributed by atoms with E-state index < -0.39 is 0 Å². The lowest BCUT2D eigenvalue weighted by Crippen LogP contribution is -2.59. The van der Waals surface area contributed by atoms with E-state index in [2.05, 4.69) is 29.6 Å². The Morgan fingerprint density at radius 2 is 2.11 bits per heavy atom. The van der Waals surface area contributed by atoms with E-state index >= 15 is 0 Å². The van der Waals surface area contributed by atoms with Gasteiger partial charge in [-0.2, -0.15) is 0 Å². The third-order valence-electron chi connectivity index (χ3n) is 4.55. The van der Waals surface area contributed by atoms with Crippen molar-refractivity contribution in [2.75, 3.05) is 14.2 Å². The maximum absolute atomic E-state index is 6.32. The van der Waals surface area contributed by atoms with Crippen LogP contribution in [0.4, 0.5) is 0 Å². The molecule has 0 spiro atoms. The smallest absolute Gasteiger partial charge is 0.0987 e. The zero-order chi connectivity index (χ0) is 13.2. The number of ether oxygens (including phenoxy) is 2. The molecule has 0 bridgehead atoms. The second kappa shape index (κ2) is 5.61. The lowest BCUT2D eigenvalue weighted by molar-refractivity contribution is -0.160. The minimum Gasteiger partial charge on any atom is -0.377 e. The summed E-state index contributed by atoms with van der Waals surface area (Å²) in [6, 6.07) is 9.13. The fraction of sp³-hybridized carbons (Fsp3) is 0.625. The van der Waals surface area contributed by atoms with Gasteiger partial charge >= 0.3 is 0 Å². The van der Waals surface area contributed by atoms with E-state index in [1.807, 2.05) is 7.05 Å². The van der Waals surface area contributed by atoms with Crippen LogP contribution in [0.5, 0.6) is 0 Å². The van der Waals surface area contributed by atoms with Gasteiger partial charge < -0.3 is 14.8 Å². The largest absolute Gasteiger partial charge is 0.377 e. The molecule has 0 saturated heterocycles. The molecule has 3 nitrogen and oxygen atoms in total. The van der Waals surface area contributed by atoms with Crippen LogP contribution in [0, 0.1) is 0 Å². The molecule has 0 amide bonds. The molecule has 2 aliphatic carbocycles. The van der Waals surface area contributed by atoms with E-state index in [0.29, 0.717) is 6.04 Å². The third-order valence-corrected chi connectivity index (χ3v) is 4.55. The topological polar surface area (TPSA) is 30.5 Å². The average Bonchev–Trinajstić information content (AvgIpc) is 2.43. The van der Waals surface area contributed by atoms with Crippen molar-refractivity contribution in [1.82, 2.24) is 5.32 Å². The number of fused-ring (bicyclic) bond motifs is 1. The van der Waals surface area contributed by atoms with Crippen LogP contribution in [0.1, 0.15) is 36.5 Å². The molecular weight excluding hydrogens is 238 g/mol. The second-order valence-corrected chi connectivity index (χ2v) is 5.59. The quantitative estimate of drug-likeness (QED) is 0.903. The van der Waals surface area contributed by atoms with Crippen molar-refractivity contribution < 1.29 is 9.47 Å². The van der Waals surface area contributed by atoms with Gasteiger partial charge in [0.25, 0.3) is 0 Å². The Kier molecular flexibility index (Phi) is 3.87. The highest BCUT2D eigenvalue weighted by molar-refractivity contribution is 5.31. The molecule has 19 heavy (non-hydrogen) atoms. The number of hydrogen-bond donors (Lipinski definition) is 1. The summed E-state index contributed by atoms with van der Waals surface area (Å²) in [6.07, 6.45) is 5.28. The monoisotopic (exact) mass is 261 g/mol. The summed E-state index contributed by atoms with van der Waals surface area (Å²) in [5.41, 5.74) is 2.84. The average molecular weight is 261 g/mol. The van der Waals surface area contributed by atoms with Gasteiger partial charge in [0.05, 0.1) is 18.3 Å². The van der Waals surface area contributed by atoms with Crippen molar-refractivity contribution in [2.45, 2.75) is 50.0 Å². The second-order valence-electron chi connectivity index (χ2n) is 5.59. The Morgan fingerprint density at radius 3 is 2.89 bits per heavy atom. The van der Waals surface area contributed by atoms with Crippen molar-refractivity contribution in [3.63, 3.8) is 0 Å². The fourth-order valence-electron chi connectivity index (χ4n) is 3.37. The van der Waals surface area contributed by atoms with Crippen molar-refractivity contribution in [2.24, 2.45) is 0 Å². The summed E-state index contributed by atoms with van der Waals surface area (Å²) in [5, 5.41) is 3.28. The lowest BCUT2D eigenvalue weighted by atomic mass is 9.84. The van der Waals surface area contributed by atoms with Crippen molar-refractivity contribution >= 4 is 0 Å². The summed E-state index contributed by atoms with van der Waals surface area (Å²) in [6.45, 7) is 0. The normalized spacial score (nSPS) is 33.6. The highest BCUT2D eigenvalue weighted by atomic mass is 16.5. The maximum Gasteiger partial charge on any atom is 0.0987 e. The van der Waals surface area contributed by atoms with E-state index in [0.717, 1.165) is 12.8 Å². The van der Waals surface area contributed by atoms with Crippen molar-refractivity contribution in [3.05, 3.63) is 35.4 Å². The van der Waals surface area contributed by atoms with Gasteiger partial charge in [-0.15, -0.1) is 0 Å². The van der Waals surface area contributed by atoms with Gasteiger partial charge in [-0.05, 0) is 43.9 Å². The van der Waals surface area contributed by atoms with E-state index in [9.17, 15) is 0 Å². The minimum atomic E-state index is 0.194. The zero-order valence-electron chi connectivity index (χ0n) is 11.8. The molecule has 104 valence electrons. The molecule has 1 N–H and O–H groups in total. The Hall–Kier alpha value is -0.900. The van der Waals surface area contributed by atoms with E-state index in [4.69, 9.17) is 9.47 Å². The molecule has 3 rings (SSSR count). The number of methoxy groups -OCH3 is 1. The predicted molar refractivity (Wildman–Crippen MR) is 75.3 cm³/mol. The molecule has 0 aromatic heterocycles. The molecule has 4 unspecified atom stereocenters. The highest BCUT2D eigenvalue weighted by Gasteiger charge is 2.43. The first-order valence-electron chi connectivity index (χ1n) is 7.27. The summed E-state index contributed by atoms with van der Waals surface area (Å²) in [4.78, 5) is 0. The van der Waals surface area contributed by atoms with Gasteiger partial charge in [-0.1, -0.05) is 24.3 Å². The molecule has 3 heteroatoms. The van der Waals surface area contributed by atoms with Gasteiger partial charge in [0, 0.05) is 13.2 Å². The van der Waals surface area contributed by atoms with Gasteiger partial charge in [-0.3, -0.25) is 0 Å². The lowest BCUT2D eigenvalue weighted by Gasteiger charge is -2.45. The maximum atomic E-state index is 6.32. The van der Waals surface area contributed by atoms with Crippen LogP contribution in [0.3, 0.4) is 0 Å². The number of likely N-dealkylation sites (N-methyl/N-ethyl adjacent to an activating group) is 1. The van der Waals surface area contributed by atoms with Gasteiger partial charge in [-0.25, -0.2) is 0 Å². The summed E-state index contributed by atoms with van der Waals surface area (Å²) < 4.78 is 11.9. The van der Waals surface area contributed by atoms with Crippen molar-refractivity contribution in [3.8, 4) is 0 Å². The third kappa shape index (κ3) is 2.42. The number of aryl methyl sites for hydroxylation is 1. The van der Waals surface area contributed by atoms with E-state index in [1.54, 1.807) is 7.11 Å². The molecule has 1 aromatic carbocycles. The van der Waals surface area contributed by atoms with Crippen LogP contribution >= 0.6 is 0 Å². The first kappa shape index (κ1) is 13.1. The molecule has 1 aromatic rings. The van der Waals surface area contributed by atoms with Crippen LogP contribution in [-0.2, 0) is 15.9 Å². The summed E-state index contributed by atoms with van der Waals surface area (Å²) in [7, 11) is 3.77. The molecule has 4 atom stereocenters. The van der Waals surface area contributed by atoms with Crippen LogP contribution in [0.2, 0.25) is 0 Å². The molecule has 0 aliphatic heterocycles. The minimum absolute atomic E-state index is 0.194. The van der Waals surface area contributed by atoms with Gasteiger partial charge in [0.1, 0.15) is 0 Å². The molecular formula is C16H23NO2. The van der Waals surface area contributed by atoms with Crippen molar-refractivity contribution in [1.29, 1.82) is 0 Å². The molecule has 1 fully saturated rings. The zero-order valence-corrected chi connectivity index (χ0v) is 11.8. The van der Waals surface area contributed by atoms with E-state index in [1.165, 1.54) is 24.0 Å². The first-order chi connectivity index (χ1) is 9.33. The number of hydrogen-bond acceptors (Lipinski definition) is 3. The highest BCUT2D eigenvalue weighted by Crippen LogP contribution is 2.37. The molecule has 1 saturated carbocycles. The summed E-state index contributed by atoms with van der Waals surface area (Å²) >= 11 is 0. The fourth-order valence-corrected chi connectivity index (χ4v) is 3.37. The van der Waals surface area contributed by atoms with Crippen LogP contribution in [0.25, 0.3) is 0 Å². The Balaban J connectivity index is 1.69. The Bertz CT molecular complexity index is 435. The van der Waals surface area contributed by atoms with Gasteiger partial charge in [0.2, 0.25) is 0 Å². The molecule has 2 aliphatic rings. The Morgan fingerprint density at radius 1 is 1.26 bits per heavy atom. The SMILES string of the molecule is CNC1CC(OC2CCCc3ccccc32)C1OC. The summed E-state index contributed by atoms with van der Waals surface area (Å²) in [5.74, 6) is 0. The number of nitrogens with one attached hydrogen (secondary N) is 1. The van der Waals surface area contributed by atoms with Crippen LogP contribution in [-0.4, -0.2) is 32.4 Å².